The molecule has 0 heterocycles. The molecule has 0 fully saturated rings. The number of benzene rings is 1. The molecule has 72 valence electrons. The Morgan fingerprint density at radius 2 is 1.86 bits per heavy atom. The van der Waals surface area contributed by atoms with E-state index in [1.165, 1.54) is 0 Å². The summed E-state index contributed by atoms with van der Waals surface area (Å²) in [6, 6.07) is 9.73. The number of carbonyl (C=O) groups excluding carboxylic acids is 1. The normalized spacial score (nSPS) is 11.1. The van der Waals surface area contributed by atoms with E-state index in [1.807, 2.05) is 37.3 Å². The van der Waals surface area contributed by atoms with Crippen molar-refractivity contribution in [2.24, 2.45) is 0 Å². The van der Waals surface area contributed by atoms with Gasteiger partial charge in [-0.05, 0) is 25.0 Å². The van der Waals surface area contributed by atoms with Crippen LogP contribution >= 0.6 is 0 Å². The third-order valence-electron chi connectivity index (χ3n) is 2.12. The van der Waals surface area contributed by atoms with E-state index in [2.05, 4.69) is 6.58 Å². The zero-order valence-corrected chi connectivity index (χ0v) is 8.58. The first-order valence-electron chi connectivity index (χ1n) is 4.58. The fraction of sp³-hybridized carbons (Fsp3) is 0.154. The number of hydrogen-bond donors (Lipinski definition) is 0. The molecular formula is C13H14O. The lowest BCUT2D eigenvalue weighted by molar-refractivity contribution is -0.113. The number of carbonyl (C=O) groups is 1. The SMILES string of the molecule is C=C(/C(=C\C)C(C)=O)c1ccccc1. The summed E-state index contributed by atoms with van der Waals surface area (Å²) in [5.74, 6) is 0.0568. The molecule has 0 amide bonds. The quantitative estimate of drug-likeness (QED) is 0.523. The van der Waals surface area contributed by atoms with Gasteiger partial charge in [0.05, 0.1) is 0 Å². The van der Waals surface area contributed by atoms with Crippen LogP contribution in [0.5, 0.6) is 0 Å². The van der Waals surface area contributed by atoms with Crippen LogP contribution in [-0.4, -0.2) is 5.78 Å². The first-order valence-corrected chi connectivity index (χ1v) is 4.58. The molecule has 0 N–H and O–H groups in total. The van der Waals surface area contributed by atoms with E-state index in [9.17, 15) is 4.79 Å². The molecule has 0 bridgehead atoms. The molecule has 0 saturated carbocycles. The lowest BCUT2D eigenvalue weighted by Gasteiger charge is -2.06. The van der Waals surface area contributed by atoms with Gasteiger partial charge in [-0.25, -0.2) is 0 Å². The first-order chi connectivity index (χ1) is 6.66. The highest BCUT2D eigenvalue weighted by atomic mass is 16.1. The van der Waals surface area contributed by atoms with Crippen LogP contribution in [0.15, 0.2) is 48.6 Å². The molecule has 14 heavy (non-hydrogen) atoms. The largest absolute Gasteiger partial charge is 0.295 e. The summed E-state index contributed by atoms with van der Waals surface area (Å²) >= 11 is 0. The van der Waals surface area contributed by atoms with Gasteiger partial charge in [0.2, 0.25) is 0 Å². The van der Waals surface area contributed by atoms with Crippen LogP contribution in [0.4, 0.5) is 0 Å². The summed E-state index contributed by atoms with van der Waals surface area (Å²) in [5, 5.41) is 0. The van der Waals surface area contributed by atoms with Crippen molar-refractivity contribution >= 4 is 11.4 Å². The number of Topliss-reactive ketones (excluding diaryl/α,β-unsaturated/α-hetero) is 1. The van der Waals surface area contributed by atoms with Crippen LogP contribution in [0.2, 0.25) is 0 Å². The average Bonchev–Trinajstić information content (AvgIpc) is 2.19. The van der Waals surface area contributed by atoms with Gasteiger partial charge in [-0.3, -0.25) is 4.79 Å². The van der Waals surface area contributed by atoms with E-state index in [4.69, 9.17) is 0 Å². The van der Waals surface area contributed by atoms with Gasteiger partial charge < -0.3 is 0 Å². The van der Waals surface area contributed by atoms with E-state index in [0.29, 0.717) is 5.57 Å². The second-order valence-electron chi connectivity index (χ2n) is 3.10. The van der Waals surface area contributed by atoms with Gasteiger partial charge in [-0.1, -0.05) is 43.0 Å². The zero-order chi connectivity index (χ0) is 10.6. The third kappa shape index (κ3) is 2.19. The molecule has 0 atom stereocenters. The molecule has 0 aromatic heterocycles. The van der Waals surface area contributed by atoms with Crippen molar-refractivity contribution in [3.05, 3.63) is 54.1 Å². The lowest BCUT2D eigenvalue weighted by Crippen LogP contribution is -1.98. The highest BCUT2D eigenvalue weighted by molar-refractivity contribution is 6.08. The summed E-state index contributed by atoms with van der Waals surface area (Å²) < 4.78 is 0. The highest BCUT2D eigenvalue weighted by Gasteiger charge is 2.08. The number of rotatable bonds is 3. The van der Waals surface area contributed by atoms with E-state index >= 15 is 0 Å². The van der Waals surface area contributed by atoms with Gasteiger partial charge >= 0.3 is 0 Å². The maximum atomic E-state index is 11.3. The highest BCUT2D eigenvalue weighted by Crippen LogP contribution is 2.21. The van der Waals surface area contributed by atoms with Gasteiger partial charge in [0, 0.05) is 5.57 Å². The van der Waals surface area contributed by atoms with Crippen LogP contribution in [0.3, 0.4) is 0 Å². The number of allylic oxidation sites excluding steroid dienone is 3. The minimum Gasteiger partial charge on any atom is -0.295 e. The number of ketones is 1. The minimum absolute atomic E-state index is 0.0568. The molecule has 0 unspecified atom stereocenters. The van der Waals surface area contributed by atoms with Crippen LogP contribution in [0.25, 0.3) is 5.57 Å². The van der Waals surface area contributed by atoms with E-state index in [1.54, 1.807) is 13.0 Å². The van der Waals surface area contributed by atoms with Crippen LogP contribution in [-0.2, 0) is 4.79 Å². The Bertz CT molecular complexity index is 371. The van der Waals surface area contributed by atoms with Crippen LogP contribution in [0.1, 0.15) is 19.4 Å². The molecule has 0 spiro atoms. The topological polar surface area (TPSA) is 17.1 Å². The molecule has 1 heteroatoms. The second kappa shape index (κ2) is 4.56. The van der Waals surface area contributed by atoms with Crippen molar-refractivity contribution in [2.75, 3.05) is 0 Å². The molecular weight excluding hydrogens is 172 g/mol. The summed E-state index contributed by atoms with van der Waals surface area (Å²) in [6.07, 6.45) is 1.80. The molecule has 0 aliphatic rings. The molecule has 0 aliphatic carbocycles. The second-order valence-corrected chi connectivity index (χ2v) is 3.10. The van der Waals surface area contributed by atoms with Crippen molar-refractivity contribution in [1.29, 1.82) is 0 Å². The predicted molar refractivity (Wildman–Crippen MR) is 59.9 cm³/mol. The monoisotopic (exact) mass is 186 g/mol. The van der Waals surface area contributed by atoms with Crippen LogP contribution < -0.4 is 0 Å². The average molecular weight is 186 g/mol. The molecule has 0 aliphatic heterocycles. The molecule has 0 radical (unpaired) electrons. The van der Waals surface area contributed by atoms with Crippen molar-refractivity contribution < 1.29 is 4.79 Å². The standard InChI is InChI=1S/C13H14O/c1-4-13(11(3)14)10(2)12-8-6-5-7-9-12/h4-9H,2H2,1,3H3/b13-4+. The van der Waals surface area contributed by atoms with Crippen molar-refractivity contribution in [3.63, 3.8) is 0 Å². The Kier molecular flexibility index (Phi) is 3.41. The predicted octanol–water partition coefficient (Wildman–Crippen LogP) is 3.24. The zero-order valence-electron chi connectivity index (χ0n) is 8.58. The van der Waals surface area contributed by atoms with Crippen molar-refractivity contribution in [3.8, 4) is 0 Å². The van der Waals surface area contributed by atoms with Gasteiger partial charge in [0.1, 0.15) is 0 Å². The summed E-state index contributed by atoms with van der Waals surface area (Å²) in [4.78, 5) is 11.3. The molecule has 0 saturated heterocycles. The molecule has 1 nitrogen and oxygen atoms in total. The summed E-state index contributed by atoms with van der Waals surface area (Å²) in [5.41, 5.74) is 2.48. The number of hydrogen-bond acceptors (Lipinski definition) is 1. The Balaban J connectivity index is 3.02. The summed E-state index contributed by atoms with van der Waals surface area (Å²) in [7, 11) is 0. The molecule has 1 aromatic carbocycles. The van der Waals surface area contributed by atoms with Gasteiger partial charge in [-0.15, -0.1) is 0 Å². The van der Waals surface area contributed by atoms with Gasteiger partial charge in [-0.2, -0.15) is 0 Å². The fourth-order valence-electron chi connectivity index (χ4n) is 1.38. The maximum absolute atomic E-state index is 11.3. The third-order valence-corrected chi connectivity index (χ3v) is 2.12. The Labute approximate surface area is 84.8 Å². The smallest absolute Gasteiger partial charge is 0.160 e. The molecule has 1 aromatic rings. The van der Waals surface area contributed by atoms with Gasteiger partial charge in [0.25, 0.3) is 0 Å². The van der Waals surface area contributed by atoms with Crippen LogP contribution in [0, 0.1) is 0 Å². The van der Waals surface area contributed by atoms with Crippen molar-refractivity contribution in [1.82, 2.24) is 0 Å². The molecule has 1 rings (SSSR count). The lowest BCUT2D eigenvalue weighted by atomic mass is 9.97. The Morgan fingerprint density at radius 3 is 2.29 bits per heavy atom. The maximum Gasteiger partial charge on any atom is 0.160 e. The van der Waals surface area contributed by atoms with Gasteiger partial charge in [0.15, 0.2) is 5.78 Å². The Hall–Kier alpha value is -1.63. The minimum atomic E-state index is 0.0568. The first kappa shape index (κ1) is 10.5. The Morgan fingerprint density at radius 1 is 1.29 bits per heavy atom. The summed E-state index contributed by atoms with van der Waals surface area (Å²) in [6.45, 7) is 7.34. The van der Waals surface area contributed by atoms with Crippen molar-refractivity contribution in [2.45, 2.75) is 13.8 Å². The van der Waals surface area contributed by atoms with E-state index < -0.39 is 0 Å². The fourth-order valence-corrected chi connectivity index (χ4v) is 1.38. The van der Waals surface area contributed by atoms with E-state index in [0.717, 1.165) is 11.1 Å². The van der Waals surface area contributed by atoms with E-state index in [-0.39, 0.29) is 5.78 Å².